The van der Waals surface area contributed by atoms with E-state index in [1.807, 2.05) is 0 Å². The van der Waals surface area contributed by atoms with E-state index in [9.17, 15) is 19.0 Å². The molecule has 1 unspecified atom stereocenters. The SMILES string of the molecule is CCCCCc1oc(CCCCCCCCC(=O)O[C@H](COC(=O)CCCCCCCCc2oc(CCC)c(C)c2C)COP(=O)(O)OCCN)c(C)c1C. The number of hydrogen-bond donors (Lipinski definition) is 2. The van der Waals surface area contributed by atoms with Gasteiger partial charge in [-0.25, -0.2) is 4.57 Å². The van der Waals surface area contributed by atoms with E-state index in [-0.39, 0.29) is 32.6 Å². The summed E-state index contributed by atoms with van der Waals surface area (Å²) in [6.45, 7) is 12.1. The molecule has 0 radical (unpaired) electrons. The molecule has 55 heavy (non-hydrogen) atoms. The third kappa shape index (κ3) is 20.0. The Labute approximate surface area is 331 Å². The lowest BCUT2D eigenvalue weighted by molar-refractivity contribution is -0.161. The summed E-state index contributed by atoms with van der Waals surface area (Å²) in [4.78, 5) is 35.1. The van der Waals surface area contributed by atoms with E-state index < -0.39 is 32.5 Å². The Morgan fingerprint density at radius 2 is 1.04 bits per heavy atom. The van der Waals surface area contributed by atoms with E-state index in [0.717, 1.165) is 119 Å². The zero-order valence-electron chi connectivity index (χ0n) is 35.1. The molecule has 0 saturated heterocycles. The van der Waals surface area contributed by atoms with E-state index in [4.69, 9.17) is 33.1 Å². The van der Waals surface area contributed by atoms with Crippen molar-refractivity contribution < 1.29 is 46.4 Å². The third-order valence-electron chi connectivity index (χ3n) is 10.4. The van der Waals surface area contributed by atoms with Gasteiger partial charge in [0.05, 0.1) is 13.2 Å². The summed E-state index contributed by atoms with van der Waals surface area (Å²) >= 11 is 0. The van der Waals surface area contributed by atoms with Gasteiger partial charge in [-0.2, -0.15) is 0 Å². The van der Waals surface area contributed by atoms with Gasteiger partial charge in [0.15, 0.2) is 6.10 Å². The number of carbonyl (C=O) groups is 2. The van der Waals surface area contributed by atoms with Crippen LogP contribution in [-0.4, -0.2) is 49.3 Å². The van der Waals surface area contributed by atoms with Gasteiger partial charge in [-0.1, -0.05) is 78.1 Å². The Kier molecular flexibility index (Phi) is 24.8. The first-order valence-electron chi connectivity index (χ1n) is 21.2. The predicted molar refractivity (Wildman–Crippen MR) is 217 cm³/mol. The molecule has 12 heteroatoms. The second kappa shape index (κ2) is 28.0. The van der Waals surface area contributed by atoms with Crippen molar-refractivity contribution in [1.29, 1.82) is 0 Å². The van der Waals surface area contributed by atoms with Gasteiger partial charge in [0.1, 0.15) is 29.6 Å². The molecule has 2 rings (SSSR count). The van der Waals surface area contributed by atoms with E-state index in [2.05, 4.69) is 41.5 Å². The van der Waals surface area contributed by atoms with Gasteiger partial charge in [-0.15, -0.1) is 0 Å². The number of nitrogens with two attached hydrogens (primary N) is 1. The molecule has 0 spiro atoms. The molecule has 0 aliphatic heterocycles. The minimum Gasteiger partial charge on any atom is -0.466 e. The van der Waals surface area contributed by atoms with Crippen molar-refractivity contribution in [2.24, 2.45) is 5.73 Å². The molecule has 11 nitrogen and oxygen atoms in total. The number of ether oxygens (including phenoxy) is 2. The summed E-state index contributed by atoms with van der Waals surface area (Å²) in [5, 5.41) is 0. The van der Waals surface area contributed by atoms with Crippen LogP contribution in [0.25, 0.3) is 0 Å². The summed E-state index contributed by atoms with van der Waals surface area (Å²) in [7, 11) is -4.40. The summed E-state index contributed by atoms with van der Waals surface area (Å²) in [5.74, 6) is 3.61. The van der Waals surface area contributed by atoms with Crippen LogP contribution in [0, 0.1) is 27.7 Å². The van der Waals surface area contributed by atoms with Crippen molar-refractivity contribution in [3.63, 3.8) is 0 Å². The van der Waals surface area contributed by atoms with E-state index in [0.29, 0.717) is 12.8 Å². The zero-order valence-corrected chi connectivity index (χ0v) is 36.0. The molecule has 0 fully saturated rings. The molecule has 0 saturated carbocycles. The van der Waals surface area contributed by atoms with Crippen molar-refractivity contribution in [1.82, 2.24) is 0 Å². The average molecular weight is 796 g/mol. The number of aryl methyl sites for hydroxylation is 4. The first-order valence-corrected chi connectivity index (χ1v) is 22.7. The normalized spacial score (nSPS) is 13.2. The number of furan rings is 2. The Morgan fingerprint density at radius 3 is 1.51 bits per heavy atom. The van der Waals surface area contributed by atoms with E-state index in [1.165, 1.54) is 41.5 Å². The number of unbranched alkanes of at least 4 members (excludes halogenated alkanes) is 12. The fourth-order valence-corrected chi connectivity index (χ4v) is 7.45. The van der Waals surface area contributed by atoms with Gasteiger partial charge >= 0.3 is 19.8 Å². The predicted octanol–water partition coefficient (Wildman–Crippen LogP) is 10.6. The van der Waals surface area contributed by atoms with E-state index in [1.54, 1.807) is 0 Å². The molecule has 0 aliphatic carbocycles. The maximum absolute atomic E-state index is 12.7. The van der Waals surface area contributed by atoms with Crippen LogP contribution in [0.1, 0.15) is 175 Å². The minimum absolute atomic E-state index is 0.0393. The molecule has 0 aromatic carbocycles. The second-order valence-electron chi connectivity index (χ2n) is 15.0. The number of phosphoric acid groups is 1. The molecule has 3 N–H and O–H groups in total. The van der Waals surface area contributed by atoms with Crippen LogP contribution in [0.4, 0.5) is 0 Å². The molecule has 0 bridgehead atoms. The van der Waals surface area contributed by atoms with Gasteiger partial charge in [-0.3, -0.25) is 18.6 Å². The highest BCUT2D eigenvalue weighted by atomic mass is 31.2. The summed E-state index contributed by atoms with van der Waals surface area (Å²) < 4.78 is 45.2. The van der Waals surface area contributed by atoms with Crippen LogP contribution in [-0.2, 0) is 58.4 Å². The van der Waals surface area contributed by atoms with Crippen molar-refractivity contribution in [3.8, 4) is 0 Å². The smallest absolute Gasteiger partial charge is 0.466 e. The molecule has 316 valence electrons. The molecule has 2 aromatic heterocycles. The Hall–Kier alpha value is -2.43. The largest absolute Gasteiger partial charge is 0.472 e. The van der Waals surface area contributed by atoms with Crippen LogP contribution in [0.3, 0.4) is 0 Å². The zero-order chi connectivity index (χ0) is 40.5. The fourth-order valence-electron chi connectivity index (χ4n) is 6.68. The van der Waals surface area contributed by atoms with Gasteiger partial charge in [-0.05, 0) is 88.5 Å². The lowest BCUT2D eigenvalue weighted by Gasteiger charge is -2.19. The molecule has 2 aromatic rings. The van der Waals surface area contributed by atoms with Crippen LogP contribution < -0.4 is 5.73 Å². The van der Waals surface area contributed by atoms with Crippen molar-refractivity contribution >= 4 is 19.8 Å². The van der Waals surface area contributed by atoms with Gasteiger partial charge < -0.3 is 28.9 Å². The lowest BCUT2D eigenvalue weighted by atomic mass is 10.0. The standard InChI is InChI=1S/C43H74NO10P/c1-7-9-18-24-39-35(5)36(6)41(54-39)26-20-15-11-13-17-22-28-43(46)52-37(32-51-55(47,48)50-30-29-44)31-49-42(45)27-21-16-12-10-14-19-25-40-34(4)33(3)38(53-40)23-8-2/h37H,7-32,44H2,1-6H3,(H,47,48)/t37-/m1/s1. The van der Waals surface area contributed by atoms with Crippen LogP contribution in [0.5, 0.6) is 0 Å². The Morgan fingerprint density at radius 1 is 0.600 bits per heavy atom. The third-order valence-corrected chi connectivity index (χ3v) is 11.4. The number of rotatable bonds is 33. The van der Waals surface area contributed by atoms with Crippen LogP contribution in [0.15, 0.2) is 8.83 Å². The monoisotopic (exact) mass is 796 g/mol. The highest BCUT2D eigenvalue weighted by molar-refractivity contribution is 7.47. The fraction of sp³-hybridized carbons (Fsp3) is 0.767. The minimum atomic E-state index is -4.40. The van der Waals surface area contributed by atoms with Gasteiger partial charge in [0.25, 0.3) is 0 Å². The van der Waals surface area contributed by atoms with Gasteiger partial charge in [0.2, 0.25) is 0 Å². The van der Waals surface area contributed by atoms with Crippen molar-refractivity contribution in [3.05, 3.63) is 45.3 Å². The van der Waals surface area contributed by atoms with Crippen LogP contribution in [0.2, 0.25) is 0 Å². The number of phosphoric ester groups is 1. The maximum Gasteiger partial charge on any atom is 0.472 e. The number of hydrogen-bond acceptors (Lipinski definition) is 10. The highest BCUT2D eigenvalue weighted by Crippen LogP contribution is 2.43. The average Bonchev–Trinajstić information content (AvgIpc) is 3.58. The first kappa shape index (κ1) is 48.7. The summed E-state index contributed by atoms with van der Waals surface area (Å²) in [6, 6.07) is 0. The van der Waals surface area contributed by atoms with Gasteiger partial charge in [0, 0.05) is 45.1 Å². The summed E-state index contributed by atoms with van der Waals surface area (Å²) in [5.41, 5.74) is 10.5. The molecular weight excluding hydrogens is 721 g/mol. The van der Waals surface area contributed by atoms with Crippen molar-refractivity contribution in [2.75, 3.05) is 26.4 Å². The molecule has 0 aliphatic rings. The molecule has 0 amide bonds. The van der Waals surface area contributed by atoms with Crippen LogP contribution >= 0.6 is 7.82 Å². The maximum atomic E-state index is 12.7. The topological polar surface area (TPSA) is 161 Å². The Bertz CT molecular complexity index is 1420. The van der Waals surface area contributed by atoms with Crippen molar-refractivity contribution in [2.45, 2.75) is 189 Å². The quantitative estimate of drug-likeness (QED) is 0.0402. The number of carbonyl (C=O) groups excluding carboxylic acids is 2. The van der Waals surface area contributed by atoms with E-state index >= 15 is 0 Å². The second-order valence-corrected chi connectivity index (χ2v) is 16.5. The lowest BCUT2D eigenvalue weighted by Crippen LogP contribution is -2.29. The number of esters is 2. The summed E-state index contributed by atoms with van der Waals surface area (Å²) in [6.07, 6.45) is 19.7. The molecule has 2 heterocycles. The Balaban J connectivity index is 1.65. The molecule has 2 atom stereocenters. The first-order chi connectivity index (χ1) is 26.4. The molecular formula is C43H74NO10P. The highest BCUT2D eigenvalue weighted by Gasteiger charge is 2.26.